The molecule has 6 nitrogen and oxygen atoms in total. The molecule has 2 N–H and O–H groups in total. The Hall–Kier alpha value is -1.66. The highest BCUT2D eigenvalue weighted by Crippen LogP contribution is 2.23. The van der Waals surface area contributed by atoms with Gasteiger partial charge in [0.05, 0.1) is 11.8 Å². The fourth-order valence-corrected chi connectivity index (χ4v) is 3.15. The SMILES string of the molecule is CCC(CN)N1CCN(c2nccc3c2ncn3C)CC1. The third kappa shape index (κ3) is 2.61. The predicted octanol–water partition coefficient (Wildman–Crippen LogP) is 0.828. The minimum Gasteiger partial charge on any atom is -0.352 e. The van der Waals surface area contributed by atoms with Gasteiger partial charge in [-0.2, -0.15) is 0 Å². The Labute approximate surface area is 125 Å². The smallest absolute Gasteiger partial charge is 0.156 e. The second-order valence-corrected chi connectivity index (χ2v) is 5.68. The van der Waals surface area contributed by atoms with Gasteiger partial charge in [-0.05, 0) is 12.5 Å². The molecule has 2 aromatic heterocycles. The van der Waals surface area contributed by atoms with E-state index in [2.05, 4.69) is 26.7 Å². The maximum Gasteiger partial charge on any atom is 0.156 e. The second kappa shape index (κ2) is 5.99. The average Bonchev–Trinajstić information content (AvgIpc) is 2.91. The number of piperazine rings is 1. The topological polar surface area (TPSA) is 63.2 Å². The number of rotatable bonds is 4. The van der Waals surface area contributed by atoms with Gasteiger partial charge in [0.15, 0.2) is 5.82 Å². The predicted molar refractivity (Wildman–Crippen MR) is 85.4 cm³/mol. The van der Waals surface area contributed by atoms with E-state index < -0.39 is 0 Å². The lowest BCUT2D eigenvalue weighted by Gasteiger charge is -2.39. The summed E-state index contributed by atoms with van der Waals surface area (Å²) in [5.74, 6) is 1.01. The van der Waals surface area contributed by atoms with E-state index in [1.807, 2.05) is 30.2 Å². The van der Waals surface area contributed by atoms with Crippen LogP contribution < -0.4 is 10.6 Å². The molecule has 1 unspecified atom stereocenters. The summed E-state index contributed by atoms with van der Waals surface area (Å²) in [6, 6.07) is 2.52. The highest BCUT2D eigenvalue weighted by atomic mass is 15.3. The van der Waals surface area contributed by atoms with E-state index >= 15 is 0 Å². The van der Waals surface area contributed by atoms with Crippen molar-refractivity contribution >= 4 is 16.9 Å². The number of aromatic nitrogens is 3. The Kier molecular flexibility index (Phi) is 4.07. The van der Waals surface area contributed by atoms with Gasteiger partial charge in [0.1, 0.15) is 5.52 Å². The Morgan fingerprint density at radius 2 is 2.00 bits per heavy atom. The van der Waals surface area contributed by atoms with Gasteiger partial charge >= 0.3 is 0 Å². The molecule has 1 atom stereocenters. The first-order valence-electron chi connectivity index (χ1n) is 7.69. The number of imidazole rings is 1. The van der Waals surface area contributed by atoms with Crippen molar-refractivity contribution in [1.82, 2.24) is 19.4 Å². The number of hydrogen-bond donors (Lipinski definition) is 1. The van der Waals surface area contributed by atoms with Crippen molar-refractivity contribution < 1.29 is 0 Å². The Morgan fingerprint density at radius 1 is 1.24 bits per heavy atom. The second-order valence-electron chi connectivity index (χ2n) is 5.68. The Bertz CT molecular complexity index is 595. The van der Waals surface area contributed by atoms with Crippen molar-refractivity contribution in [2.75, 3.05) is 37.6 Å². The molecular formula is C15H24N6. The molecule has 2 aromatic rings. The van der Waals surface area contributed by atoms with E-state index in [0.29, 0.717) is 6.04 Å². The van der Waals surface area contributed by atoms with E-state index in [9.17, 15) is 0 Å². The molecule has 3 rings (SSSR count). The monoisotopic (exact) mass is 288 g/mol. The standard InChI is InChI=1S/C15H24N6/c1-3-12(10-16)20-6-8-21(9-7-20)15-14-13(4-5-17-15)19(2)11-18-14/h4-5,11-12H,3,6-10,16H2,1-2H3. The summed E-state index contributed by atoms with van der Waals surface area (Å²) in [5, 5.41) is 0. The van der Waals surface area contributed by atoms with E-state index in [4.69, 9.17) is 5.73 Å². The van der Waals surface area contributed by atoms with Gasteiger partial charge in [0.2, 0.25) is 0 Å². The van der Waals surface area contributed by atoms with Gasteiger partial charge in [0.25, 0.3) is 0 Å². The number of anilines is 1. The highest BCUT2D eigenvalue weighted by Gasteiger charge is 2.24. The molecule has 0 bridgehead atoms. The van der Waals surface area contributed by atoms with Gasteiger partial charge < -0.3 is 15.2 Å². The number of pyridine rings is 1. The molecule has 1 aliphatic heterocycles. The molecule has 1 fully saturated rings. The largest absolute Gasteiger partial charge is 0.352 e. The number of hydrogen-bond acceptors (Lipinski definition) is 5. The summed E-state index contributed by atoms with van der Waals surface area (Å²) in [7, 11) is 2.02. The van der Waals surface area contributed by atoms with Crippen LogP contribution in [-0.4, -0.2) is 58.2 Å². The minimum atomic E-state index is 0.505. The van der Waals surface area contributed by atoms with Gasteiger partial charge in [-0.3, -0.25) is 4.90 Å². The molecule has 0 aliphatic carbocycles. The molecule has 1 aliphatic rings. The summed E-state index contributed by atoms with van der Waals surface area (Å²) >= 11 is 0. The maximum atomic E-state index is 5.86. The Morgan fingerprint density at radius 3 is 2.67 bits per heavy atom. The molecule has 114 valence electrons. The van der Waals surface area contributed by atoms with Crippen LogP contribution in [0.3, 0.4) is 0 Å². The summed E-state index contributed by atoms with van der Waals surface area (Å²) in [5.41, 5.74) is 7.99. The van der Waals surface area contributed by atoms with Gasteiger partial charge in [-0.15, -0.1) is 0 Å². The summed E-state index contributed by atoms with van der Waals surface area (Å²) < 4.78 is 2.04. The van der Waals surface area contributed by atoms with E-state index in [1.54, 1.807) is 0 Å². The van der Waals surface area contributed by atoms with Crippen molar-refractivity contribution in [3.05, 3.63) is 18.6 Å². The van der Waals surface area contributed by atoms with E-state index in [0.717, 1.165) is 56.0 Å². The molecule has 3 heterocycles. The van der Waals surface area contributed by atoms with Crippen molar-refractivity contribution in [3.8, 4) is 0 Å². The molecule has 1 saturated heterocycles. The first-order chi connectivity index (χ1) is 10.2. The first kappa shape index (κ1) is 14.3. The lowest BCUT2D eigenvalue weighted by molar-refractivity contribution is 0.184. The lowest BCUT2D eigenvalue weighted by Crippen LogP contribution is -2.52. The van der Waals surface area contributed by atoms with Crippen LogP contribution in [0.2, 0.25) is 0 Å². The first-order valence-corrected chi connectivity index (χ1v) is 7.69. The van der Waals surface area contributed by atoms with Crippen molar-refractivity contribution in [3.63, 3.8) is 0 Å². The fourth-order valence-electron chi connectivity index (χ4n) is 3.15. The maximum absolute atomic E-state index is 5.86. The molecule has 21 heavy (non-hydrogen) atoms. The number of aryl methyl sites for hydroxylation is 1. The molecule has 0 spiro atoms. The normalized spacial score (nSPS) is 18.3. The zero-order valence-electron chi connectivity index (χ0n) is 12.9. The van der Waals surface area contributed by atoms with E-state index in [1.165, 1.54) is 0 Å². The zero-order valence-corrected chi connectivity index (χ0v) is 12.9. The van der Waals surface area contributed by atoms with Crippen LogP contribution in [0.4, 0.5) is 5.82 Å². The van der Waals surface area contributed by atoms with Crippen molar-refractivity contribution in [1.29, 1.82) is 0 Å². The van der Waals surface area contributed by atoms with Crippen molar-refractivity contribution in [2.45, 2.75) is 19.4 Å². The quantitative estimate of drug-likeness (QED) is 0.903. The van der Waals surface area contributed by atoms with Crippen LogP contribution in [0, 0.1) is 0 Å². The van der Waals surface area contributed by atoms with Gasteiger partial charge in [0, 0.05) is 52.0 Å². The lowest BCUT2D eigenvalue weighted by atomic mass is 10.1. The van der Waals surface area contributed by atoms with Gasteiger partial charge in [-0.25, -0.2) is 9.97 Å². The molecule has 0 saturated carbocycles. The molecule has 0 aromatic carbocycles. The summed E-state index contributed by atoms with van der Waals surface area (Å²) in [6.45, 7) is 7.00. The third-order valence-corrected chi connectivity index (χ3v) is 4.50. The molecule has 0 amide bonds. The number of fused-ring (bicyclic) bond motifs is 1. The number of nitrogens with two attached hydrogens (primary N) is 1. The van der Waals surface area contributed by atoms with Crippen LogP contribution >= 0.6 is 0 Å². The minimum absolute atomic E-state index is 0.505. The number of nitrogens with zero attached hydrogens (tertiary/aromatic N) is 5. The van der Waals surface area contributed by atoms with E-state index in [-0.39, 0.29) is 0 Å². The van der Waals surface area contributed by atoms with Crippen LogP contribution in [0.15, 0.2) is 18.6 Å². The average molecular weight is 288 g/mol. The summed E-state index contributed by atoms with van der Waals surface area (Å²) in [6.07, 6.45) is 4.85. The molecule has 6 heteroatoms. The van der Waals surface area contributed by atoms with Gasteiger partial charge in [-0.1, -0.05) is 6.92 Å². The van der Waals surface area contributed by atoms with Crippen LogP contribution in [0.25, 0.3) is 11.0 Å². The Balaban J connectivity index is 1.77. The fraction of sp³-hybridized carbons (Fsp3) is 0.600. The van der Waals surface area contributed by atoms with Crippen molar-refractivity contribution in [2.24, 2.45) is 12.8 Å². The van der Waals surface area contributed by atoms with Crippen LogP contribution in [-0.2, 0) is 7.05 Å². The zero-order chi connectivity index (χ0) is 14.8. The highest BCUT2D eigenvalue weighted by molar-refractivity contribution is 5.86. The molecule has 0 radical (unpaired) electrons. The van der Waals surface area contributed by atoms with Crippen LogP contribution in [0.5, 0.6) is 0 Å². The molecular weight excluding hydrogens is 264 g/mol. The van der Waals surface area contributed by atoms with Crippen LogP contribution in [0.1, 0.15) is 13.3 Å². The third-order valence-electron chi connectivity index (χ3n) is 4.50. The summed E-state index contributed by atoms with van der Waals surface area (Å²) in [4.78, 5) is 13.9.